The van der Waals surface area contributed by atoms with Crippen LogP contribution in [0.1, 0.15) is 32.3 Å². The normalized spacial score (nSPS) is 13.0. The second-order valence-corrected chi connectivity index (χ2v) is 5.45. The molecule has 0 saturated heterocycles. The fourth-order valence-corrected chi connectivity index (χ4v) is 1.81. The van der Waals surface area contributed by atoms with Crippen molar-refractivity contribution < 1.29 is 0 Å². The predicted octanol–water partition coefficient (Wildman–Crippen LogP) is 3.52. The van der Waals surface area contributed by atoms with Crippen molar-refractivity contribution in [1.82, 2.24) is 0 Å². The summed E-state index contributed by atoms with van der Waals surface area (Å²) in [5.74, 6) is 3.06. The average Bonchev–Trinajstić information content (AvgIpc) is 2.17. The number of terminal acetylenes is 1. The maximum Gasteiger partial charge on any atom is 0.0498 e. The lowest BCUT2D eigenvalue weighted by Gasteiger charge is -2.27. The van der Waals surface area contributed by atoms with Crippen LogP contribution >= 0.6 is 0 Å². The van der Waals surface area contributed by atoms with Crippen LogP contribution in [0.3, 0.4) is 0 Å². The molecule has 0 radical (unpaired) electrons. The Balaban J connectivity index is 3.02. The maximum atomic E-state index is 5.63. The van der Waals surface area contributed by atoms with Gasteiger partial charge in [0.15, 0.2) is 0 Å². The van der Waals surface area contributed by atoms with Crippen molar-refractivity contribution in [3.05, 3.63) is 29.8 Å². The van der Waals surface area contributed by atoms with E-state index in [0.717, 1.165) is 0 Å². The second kappa shape index (κ2) is 4.61. The van der Waals surface area contributed by atoms with Crippen LogP contribution in [-0.4, -0.2) is 14.1 Å². The Morgan fingerprint density at radius 3 is 1.94 bits per heavy atom. The lowest BCUT2D eigenvalue weighted by Crippen LogP contribution is -2.17. The SMILES string of the molecule is C#CC(c1ccc(N(C)C)cc1)C(C)(C)C. The van der Waals surface area contributed by atoms with Crippen molar-refractivity contribution in [2.24, 2.45) is 5.41 Å². The molecule has 0 spiro atoms. The van der Waals surface area contributed by atoms with Gasteiger partial charge in [-0.05, 0) is 23.1 Å². The third-order valence-corrected chi connectivity index (χ3v) is 2.78. The van der Waals surface area contributed by atoms with E-state index in [9.17, 15) is 0 Å². The quantitative estimate of drug-likeness (QED) is 0.682. The van der Waals surface area contributed by atoms with E-state index in [-0.39, 0.29) is 11.3 Å². The summed E-state index contributed by atoms with van der Waals surface area (Å²) in [6.07, 6.45) is 5.63. The van der Waals surface area contributed by atoms with Gasteiger partial charge in [-0.2, -0.15) is 0 Å². The third-order valence-electron chi connectivity index (χ3n) is 2.78. The van der Waals surface area contributed by atoms with Gasteiger partial charge >= 0.3 is 0 Å². The molecule has 1 unspecified atom stereocenters. The molecule has 1 rings (SSSR count). The summed E-state index contributed by atoms with van der Waals surface area (Å²) >= 11 is 0. The minimum atomic E-state index is 0.106. The van der Waals surface area contributed by atoms with Crippen LogP contribution < -0.4 is 4.90 Å². The number of anilines is 1. The third kappa shape index (κ3) is 2.79. The van der Waals surface area contributed by atoms with E-state index >= 15 is 0 Å². The summed E-state index contributed by atoms with van der Waals surface area (Å²) in [6, 6.07) is 8.49. The Morgan fingerprint density at radius 1 is 1.12 bits per heavy atom. The lowest BCUT2D eigenvalue weighted by atomic mass is 9.77. The zero-order valence-corrected chi connectivity index (χ0v) is 10.9. The van der Waals surface area contributed by atoms with Crippen LogP contribution in [0.15, 0.2) is 24.3 Å². The molecule has 0 aliphatic heterocycles. The monoisotopic (exact) mass is 215 g/mol. The molecule has 0 saturated carbocycles. The van der Waals surface area contributed by atoms with E-state index in [1.807, 2.05) is 14.1 Å². The van der Waals surface area contributed by atoms with Crippen LogP contribution in [-0.2, 0) is 0 Å². The van der Waals surface area contributed by atoms with Crippen molar-refractivity contribution in [3.63, 3.8) is 0 Å². The van der Waals surface area contributed by atoms with Gasteiger partial charge in [-0.25, -0.2) is 0 Å². The topological polar surface area (TPSA) is 3.24 Å². The fourth-order valence-electron chi connectivity index (χ4n) is 1.81. The molecule has 1 nitrogen and oxygen atoms in total. The van der Waals surface area contributed by atoms with Crippen LogP contribution in [0.4, 0.5) is 5.69 Å². The Morgan fingerprint density at radius 2 is 1.62 bits per heavy atom. The molecule has 0 aromatic heterocycles. The zero-order chi connectivity index (χ0) is 12.3. The van der Waals surface area contributed by atoms with E-state index in [2.05, 4.69) is 55.9 Å². The second-order valence-electron chi connectivity index (χ2n) is 5.45. The summed E-state index contributed by atoms with van der Waals surface area (Å²) in [4.78, 5) is 2.09. The van der Waals surface area contributed by atoms with Crippen molar-refractivity contribution in [1.29, 1.82) is 0 Å². The van der Waals surface area contributed by atoms with E-state index in [4.69, 9.17) is 6.42 Å². The first-order valence-electron chi connectivity index (χ1n) is 5.59. The molecule has 0 amide bonds. The van der Waals surface area contributed by atoms with E-state index < -0.39 is 0 Å². The molecule has 1 aromatic rings. The first-order valence-corrected chi connectivity index (χ1v) is 5.59. The average molecular weight is 215 g/mol. The Bertz CT molecular complexity index is 373. The molecule has 1 atom stereocenters. The molecule has 0 aliphatic rings. The summed E-state index contributed by atoms with van der Waals surface area (Å²) in [5, 5.41) is 0. The van der Waals surface area contributed by atoms with Crippen molar-refractivity contribution >= 4 is 5.69 Å². The smallest absolute Gasteiger partial charge is 0.0498 e. The van der Waals surface area contributed by atoms with Crippen LogP contribution in [0.2, 0.25) is 0 Å². The molecule has 16 heavy (non-hydrogen) atoms. The first kappa shape index (κ1) is 12.6. The van der Waals surface area contributed by atoms with Crippen molar-refractivity contribution in [2.75, 3.05) is 19.0 Å². The van der Waals surface area contributed by atoms with Crippen LogP contribution in [0, 0.1) is 17.8 Å². The van der Waals surface area contributed by atoms with Gasteiger partial charge in [0, 0.05) is 25.7 Å². The van der Waals surface area contributed by atoms with E-state index in [1.54, 1.807) is 0 Å². The van der Waals surface area contributed by atoms with Gasteiger partial charge in [-0.1, -0.05) is 38.8 Å². The molecule has 1 heteroatoms. The number of rotatable bonds is 2. The molecule has 0 heterocycles. The number of hydrogen-bond donors (Lipinski definition) is 0. The number of benzene rings is 1. The molecular weight excluding hydrogens is 194 g/mol. The Labute approximate surface area is 99.5 Å². The van der Waals surface area contributed by atoms with Gasteiger partial charge in [-0.3, -0.25) is 0 Å². The highest BCUT2D eigenvalue weighted by molar-refractivity contribution is 5.47. The zero-order valence-electron chi connectivity index (χ0n) is 10.9. The molecule has 0 aliphatic carbocycles. The maximum absolute atomic E-state index is 5.63. The molecule has 1 aromatic carbocycles. The van der Waals surface area contributed by atoms with Gasteiger partial charge < -0.3 is 4.90 Å². The molecule has 86 valence electrons. The molecular formula is C15H21N. The highest BCUT2D eigenvalue weighted by atomic mass is 15.1. The van der Waals surface area contributed by atoms with Gasteiger partial charge in [0.25, 0.3) is 0 Å². The number of nitrogens with zero attached hydrogens (tertiary/aromatic N) is 1. The largest absolute Gasteiger partial charge is 0.378 e. The molecule has 0 bridgehead atoms. The fraction of sp³-hybridized carbons (Fsp3) is 0.467. The van der Waals surface area contributed by atoms with Gasteiger partial charge in [-0.15, -0.1) is 6.42 Å². The highest BCUT2D eigenvalue weighted by Gasteiger charge is 2.24. The van der Waals surface area contributed by atoms with Crippen molar-refractivity contribution in [2.45, 2.75) is 26.7 Å². The van der Waals surface area contributed by atoms with Crippen molar-refractivity contribution in [3.8, 4) is 12.3 Å². The minimum absolute atomic E-state index is 0.106. The van der Waals surface area contributed by atoms with Gasteiger partial charge in [0.2, 0.25) is 0 Å². The minimum Gasteiger partial charge on any atom is -0.378 e. The molecule has 0 N–H and O–H groups in total. The first-order chi connectivity index (χ1) is 7.36. The molecule has 0 fully saturated rings. The summed E-state index contributed by atoms with van der Waals surface area (Å²) < 4.78 is 0. The summed E-state index contributed by atoms with van der Waals surface area (Å²) in [7, 11) is 4.08. The Hall–Kier alpha value is -1.42. The van der Waals surface area contributed by atoms with Gasteiger partial charge in [0.1, 0.15) is 0 Å². The highest BCUT2D eigenvalue weighted by Crippen LogP contribution is 2.34. The van der Waals surface area contributed by atoms with Crippen LogP contribution in [0.5, 0.6) is 0 Å². The van der Waals surface area contributed by atoms with Crippen LogP contribution in [0.25, 0.3) is 0 Å². The summed E-state index contributed by atoms with van der Waals surface area (Å²) in [5.41, 5.74) is 2.53. The number of hydrogen-bond acceptors (Lipinski definition) is 1. The van der Waals surface area contributed by atoms with Gasteiger partial charge in [0.05, 0.1) is 0 Å². The lowest BCUT2D eigenvalue weighted by molar-refractivity contribution is 0.375. The summed E-state index contributed by atoms with van der Waals surface area (Å²) in [6.45, 7) is 6.53. The standard InChI is InChI=1S/C15H21N/c1-7-14(15(2,3)4)12-8-10-13(11-9-12)16(5)6/h1,8-11,14H,2-6H3. The predicted molar refractivity (Wildman–Crippen MR) is 71.8 cm³/mol. The Kier molecular flexibility index (Phi) is 3.65. The van der Waals surface area contributed by atoms with E-state index in [1.165, 1.54) is 11.3 Å². The van der Waals surface area contributed by atoms with E-state index in [0.29, 0.717) is 0 Å².